The average molecular weight is 566 g/mol. The highest BCUT2D eigenvalue weighted by molar-refractivity contribution is 6.15. The molecule has 5 heterocycles. The Morgan fingerprint density at radius 1 is 0.409 bits per heavy atom. The maximum absolute atomic E-state index is 5.35. The fourth-order valence-electron chi connectivity index (χ4n) is 6.07. The molecule has 0 saturated heterocycles. The van der Waals surface area contributed by atoms with Gasteiger partial charge in [0.15, 0.2) is 11.6 Å². The van der Waals surface area contributed by atoms with Gasteiger partial charge in [0, 0.05) is 28.1 Å². The number of pyridine rings is 2. The summed E-state index contributed by atoms with van der Waals surface area (Å²) in [7, 11) is 0. The van der Waals surface area contributed by atoms with Crippen LogP contribution in [0, 0.1) is 0 Å². The van der Waals surface area contributed by atoms with Crippen molar-refractivity contribution in [1.82, 2.24) is 34.1 Å². The zero-order valence-electron chi connectivity index (χ0n) is 23.4. The number of rotatable bonds is 4. The third-order valence-electron chi connectivity index (χ3n) is 8.03. The van der Waals surface area contributed by atoms with Crippen molar-refractivity contribution in [2.24, 2.45) is 0 Å². The molecule has 0 radical (unpaired) electrons. The molecule has 44 heavy (non-hydrogen) atoms. The third kappa shape index (κ3) is 3.73. The zero-order valence-corrected chi connectivity index (χ0v) is 23.4. The minimum atomic E-state index is 0.533. The van der Waals surface area contributed by atoms with Crippen LogP contribution in [-0.4, -0.2) is 34.1 Å². The van der Waals surface area contributed by atoms with Crippen molar-refractivity contribution in [3.05, 3.63) is 140 Å². The van der Waals surface area contributed by atoms with Crippen molar-refractivity contribution in [3.63, 3.8) is 0 Å². The van der Waals surface area contributed by atoms with Crippen LogP contribution < -0.4 is 0 Å². The lowest BCUT2D eigenvalue weighted by Crippen LogP contribution is -2.06. The molecule has 0 bridgehead atoms. The number of hydrogen-bond acceptors (Lipinski definition) is 5. The Bertz CT molecular complexity index is 2420. The molecule has 0 aliphatic carbocycles. The molecule has 0 aliphatic rings. The van der Waals surface area contributed by atoms with E-state index in [1.165, 1.54) is 0 Å². The fourth-order valence-corrected chi connectivity index (χ4v) is 6.07. The molecule has 0 fully saturated rings. The number of nitrogens with zero attached hydrogens (tertiary/aromatic N) is 7. The largest absolute Gasteiger partial charge is 0.292 e. The second-order valence-electron chi connectivity index (χ2n) is 10.6. The van der Waals surface area contributed by atoms with Crippen LogP contribution in [-0.2, 0) is 0 Å². The molecule has 0 spiro atoms. The minimum Gasteiger partial charge on any atom is -0.292 e. The van der Waals surface area contributed by atoms with Crippen molar-refractivity contribution >= 4 is 43.9 Å². The van der Waals surface area contributed by atoms with E-state index in [0.29, 0.717) is 17.6 Å². The van der Waals surface area contributed by atoms with Gasteiger partial charge in [-0.25, -0.2) is 15.0 Å². The normalized spacial score (nSPS) is 11.6. The Balaban J connectivity index is 1.41. The molecule has 0 unspecified atom stereocenters. The van der Waals surface area contributed by atoms with Crippen LogP contribution in [0.3, 0.4) is 0 Å². The Hall–Kier alpha value is -6.21. The van der Waals surface area contributed by atoms with Crippen LogP contribution in [0.25, 0.3) is 78.4 Å². The van der Waals surface area contributed by atoms with E-state index >= 15 is 0 Å². The van der Waals surface area contributed by atoms with E-state index in [0.717, 1.165) is 60.8 Å². The Labute approximate surface area is 251 Å². The van der Waals surface area contributed by atoms with Crippen molar-refractivity contribution in [3.8, 4) is 34.5 Å². The second-order valence-corrected chi connectivity index (χ2v) is 10.6. The standard InChI is InChI=1S/C37H23N7/c1-3-13-24(14-4-1)35-40-36(25-15-5-2-6-16-25)42-37(41-35)44-29-20-10-8-18-27(29)34-31(44)23-30-33(39-34)26-17-7-9-19-28(26)43(30)32-21-11-12-22-38-32/h1-23H. The molecule has 9 rings (SSSR count). The van der Waals surface area contributed by atoms with Gasteiger partial charge >= 0.3 is 0 Å². The van der Waals surface area contributed by atoms with Crippen molar-refractivity contribution in [2.75, 3.05) is 0 Å². The summed E-state index contributed by atoms with van der Waals surface area (Å²) in [6.07, 6.45) is 1.82. The summed E-state index contributed by atoms with van der Waals surface area (Å²) in [5.41, 5.74) is 7.54. The summed E-state index contributed by atoms with van der Waals surface area (Å²) in [6.45, 7) is 0. The summed E-state index contributed by atoms with van der Waals surface area (Å²) < 4.78 is 4.29. The average Bonchev–Trinajstić information content (AvgIpc) is 3.60. The first kappa shape index (κ1) is 24.4. The molecule has 0 amide bonds. The summed E-state index contributed by atoms with van der Waals surface area (Å²) in [6, 6.07) is 44.9. The first-order valence-corrected chi connectivity index (χ1v) is 14.5. The molecular weight excluding hydrogens is 542 g/mol. The molecule has 0 atom stereocenters. The first-order chi connectivity index (χ1) is 21.8. The number of fused-ring (bicyclic) bond motifs is 6. The Morgan fingerprint density at radius 2 is 0.932 bits per heavy atom. The van der Waals surface area contributed by atoms with E-state index in [4.69, 9.17) is 24.9 Å². The maximum Gasteiger partial charge on any atom is 0.238 e. The number of para-hydroxylation sites is 2. The van der Waals surface area contributed by atoms with E-state index in [2.05, 4.69) is 51.6 Å². The molecule has 0 aliphatic heterocycles. The van der Waals surface area contributed by atoms with Crippen LogP contribution in [0.2, 0.25) is 0 Å². The molecule has 5 aromatic heterocycles. The lowest BCUT2D eigenvalue weighted by Gasteiger charge is -2.11. The van der Waals surface area contributed by atoms with E-state index in [1.807, 2.05) is 97.2 Å². The summed E-state index contributed by atoms with van der Waals surface area (Å²) in [4.78, 5) is 25.1. The predicted molar refractivity (Wildman–Crippen MR) is 175 cm³/mol. The third-order valence-corrected chi connectivity index (χ3v) is 8.03. The fraction of sp³-hybridized carbons (Fsp3) is 0. The van der Waals surface area contributed by atoms with Gasteiger partial charge in [0.25, 0.3) is 0 Å². The maximum atomic E-state index is 5.35. The number of aromatic nitrogens is 7. The van der Waals surface area contributed by atoms with E-state index in [9.17, 15) is 0 Å². The molecule has 206 valence electrons. The molecular formula is C37H23N7. The van der Waals surface area contributed by atoms with Gasteiger partial charge in [-0.3, -0.25) is 9.13 Å². The Kier molecular flexibility index (Phi) is 5.36. The SMILES string of the molecule is c1ccc(-c2nc(-c3ccccc3)nc(-n3c4ccccc4c4nc5c6ccccc6n(-c6ccccn6)c5cc43)n2)cc1. The van der Waals surface area contributed by atoms with Gasteiger partial charge in [0.1, 0.15) is 5.82 Å². The summed E-state index contributed by atoms with van der Waals surface area (Å²) >= 11 is 0. The Morgan fingerprint density at radius 3 is 1.52 bits per heavy atom. The van der Waals surface area contributed by atoms with E-state index in [1.54, 1.807) is 0 Å². The highest BCUT2D eigenvalue weighted by Gasteiger charge is 2.22. The minimum absolute atomic E-state index is 0.533. The molecule has 7 nitrogen and oxygen atoms in total. The second kappa shape index (κ2) is 9.68. The number of benzene rings is 4. The summed E-state index contributed by atoms with van der Waals surface area (Å²) in [5, 5.41) is 2.10. The van der Waals surface area contributed by atoms with Gasteiger partial charge in [0.05, 0.1) is 33.1 Å². The van der Waals surface area contributed by atoms with Gasteiger partial charge in [0.2, 0.25) is 5.95 Å². The van der Waals surface area contributed by atoms with Crippen LogP contribution in [0.15, 0.2) is 140 Å². The monoisotopic (exact) mass is 565 g/mol. The lowest BCUT2D eigenvalue weighted by molar-refractivity contribution is 0.953. The highest BCUT2D eigenvalue weighted by Crippen LogP contribution is 2.37. The topological polar surface area (TPSA) is 74.3 Å². The quantitative estimate of drug-likeness (QED) is 0.215. The highest BCUT2D eigenvalue weighted by atomic mass is 15.2. The number of hydrogen-bond donors (Lipinski definition) is 0. The van der Waals surface area contributed by atoms with Gasteiger partial charge in [-0.2, -0.15) is 9.97 Å². The van der Waals surface area contributed by atoms with Gasteiger partial charge < -0.3 is 0 Å². The van der Waals surface area contributed by atoms with E-state index in [-0.39, 0.29) is 0 Å². The summed E-state index contributed by atoms with van der Waals surface area (Å²) in [5.74, 6) is 2.58. The van der Waals surface area contributed by atoms with Crippen molar-refractivity contribution < 1.29 is 0 Å². The molecule has 4 aromatic carbocycles. The first-order valence-electron chi connectivity index (χ1n) is 14.5. The van der Waals surface area contributed by atoms with Crippen LogP contribution in [0.4, 0.5) is 0 Å². The predicted octanol–water partition coefficient (Wildman–Crippen LogP) is 8.19. The molecule has 9 aromatic rings. The molecule has 7 heteroatoms. The van der Waals surface area contributed by atoms with E-state index < -0.39 is 0 Å². The van der Waals surface area contributed by atoms with Crippen LogP contribution >= 0.6 is 0 Å². The van der Waals surface area contributed by atoms with Crippen molar-refractivity contribution in [1.29, 1.82) is 0 Å². The van der Waals surface area contributed by atoms with Crippen LogP contribution in [0.1, 0.15) is 0 Å². The molecule has 0 N–H and O–H groups in total. The van der Waals surface area contributed by atoms with Gasteiger partial charge in [-0.1, -0.05) is 103 Å². The van der Waals surface area contributed by atoms with Crippen molar-refractivity contribution in [2.45, 2.75) is 0 Å². The molecule has 0 saturated carbocycles. The zero-order chi connectivity index (χ0) is 29.0. The van der Waals surface area contributed by atoms with Gasteiger partial charge in [-0.05, 0) is 30.3 Å². The smallest absolute Gasteiger partial charge is 0.238 e. The van der Waals surface area contributed by atoms with Crippen LogP contribution in [0.5, 0.6) is 0 Å². The van der Waals surface area contributed by atoms with Gasteiger partial charge in [-0.15, -0.1) is 0 Å². The lowest BCUT2D eigenvalue weighted by atomic mass is 10.2.